The van der Waals surface area contributed by atoms with Crippen molar-refractivity contribution in [3.8, 4) is 5.75 Å². The molecule has 1 saturated heterocycles. The summed E-state index contributed by atoms with van der Waals surface area (Å²) in [5, 5.41) is 8.57. The lowest BCUT2D eigenvalue weighted by molar-refractivity contribution is 0.0746. The van der Waals surface area contributed by atoms with Crippen LogP contribution in [0.25, 0.3) is 10.8 Å². The molecule has 10 heteroatoms. The van der Waals surface area contributed by atoms with E-state index < -0.39 is 0 Å². The molecule has 0 aliphatic carbocycles. The van der Waals surface area contributed by atoms with Crippen LogP contribution in [0.4, 0.5) is 11.4 Å². The average molecular weight is 638 g/mol. The van der Waals surface area contributed by atoms with E-state index >= 15 is 0 Å². The summed E-state index contributed by atoms with van der Waals surface area (Å²) in [6, 6.07) is 24.2. The molecule has 7 nitrogen and oxygen atoms in total. The number of anilines is 2. The lowest BCUT2D eigenvalue weighted by Gasteiger charge is -2.37. The van der Waals surface area contributed by atoms with Crippen molar-refractivity contribution in [3.63, 3.8) is 0 Å². The molecule has 0 spiro atoms. The second-order valence-corrected chi connectivity index (χ2v) is 10.8. The number of amides is 2. The van der Waals surface area contributed by atoms with Gasteiger partial charge in [-0.15, -0.1) is 0 Å². The Labute approximate surface area is 251 Å². The van der Waals surface area contributed by atoms with E-state index in [1.165, 1.54) is 7.11 Å². The zero-order valence-electron chi connectivity index (χ0n) is 21.6. The summed E-state index contributed by atoms with van der Waals surface area (Å²) in [6.07, 6.45) is 0. The molecule has 0 saturated carbocycles. The molecule has 4 aromatic rings. The normalized spacial score (nSPS) is 13.2. The molecule has 2 amide bonds. The highest BCUT2D eigenvalue weighted by molar-refractivity contribution is 9.10. The Hall–Kier alpha value is -3.66. The van der Waals surface area contributed by atoms with Gasteiger partial charge < -0.3 is 19.9 Å². The summed E-state index contributed by atoms with van der Waals surface area (Å²) in [6.45, 7) is 2.46. The smallest absolute Gasteiger partial charge is 0.261 e. The SMILES string of the molecule is COc1c(C(=O)NC(=S)Nc2ccccc2N2CCN(C(=O)c3ccc(Cl)cc3)CC2)cc2ccccc2c1Br. The van der Waals surface area contributed by atoms with Crippen LogP contribution in [0.2, 0.25) is 5.02 Å². The number of carbonyl (C=O) groups excluding carboxylic acids is 2. The topological polar surface area (TPSA) is 73.9 Å². The van der Waals surface area contributed by atoms with Crippen molar-refractivity contribution in [1.29, 1.82) is 0 Å². The summed E-state index contributed by atoms with van der Waals surface area (Å²) in [7, 11) is 1.53. The number of benzene rings is 4. The number of piperazine rings is 1. The number of thiocarbonyl (C=S) groups is 1. The summed E-state index contributed by atoms with van der Waals surface area (Å²) >= 11 is 15.1. The first-order valence-electron chi connectivity index (χ1n) is 12.6. The van der Waals surface area contributed by atoms with Crippen LogP contribution in [0.15, 0.2) is 83.3 Å². The number of para-hydroxylation sites is 2. The molecule has 1 fully saturated rings. The van der Waals surface area contributed by atoms with Gasteiger partial charge in [0.2, 0.25) is 0 Å². The van der Waals surface area contributed by atoms with Gasteiger partial charge in [0.25, 0.3) is 11.8 Å². The predicted molar refractivity (Wildman–Crippen MR) is 168 cm³/mol. The van der Waals surface area contributed by atoms with E-state index in [0.717, 1.165) is 22.1 Å². The van der Waals surface area contributed by atoms with Gasteiger partial charge in [0.1, 0.15) is 5.75 Å². The van der Waals surface area contributed by atoms with Crippen LogP contribution < -0.4 is 20.3 Å². The highest BCUT2D eigenvalue weighted by Crippen LogP contribution is 2.36. The first kappa shape index (κ1) is 27.9. The van der Waals surface area contributed by atoms with Crippen molar-refractivity contribution >= 4 is 78.8 Å². The number of halogens is 2. The monoisotopic (exact) mass is 636 g/mol. The van der Waals surface area contributed by atoms with Gasteiger partial charge in [-0.05, 0) is 81.4 Å². The number of hydrogen-bond acceptors (Lipinski definition) is 5. The average Bonchev–Trinajstić information content (AvgIpc) is 2.97. The summed E-state index contributed by atoms with van der Waals surface area (Å²) in [5.41, 5.74) is 2.68. The van der Waals surface area contributed by atoms with Crippen molar-refractivity contribution in [1.82, 2.24) is 10.2 Å². The molecule has 204 valence electrons. The van der Waals surface area contributed by atoms with E-state index in [-0.39, 0.29) is 16.9 Å². The Kier molecular flexibility index (Phi) is 8.54. The standard InChI is InChI=1S/C30H26BrClN4O3S/c1-39-27-23(18-20-6-2-3-7-22(20)26(27)31)28(37)34-30(40)33-24-8-4-5-9-25(24)35-14-16-36(17-15-35)29(38)19-10-12-21(32)13-11-19/h2-13,18H,14-17H2,1H3,(H2,33,34,37,40). The first-order chi connectivity index (χ1) is 19.4. The van der Waals surface area contributed by atoms with E-state index in [4.69, 9.17) is 28.6 Å². The molecule has 1 aliphatic heterocycles. The van der Waals surface area contributed by atoms with Gasteiger partial charge in [-0.2, -0.15) is 0 Å². The minimum absolute atomic E-state index is 0.0117. The van der Waals surface area contributed by atoms with Crippen LogP contribution in [0.5, 0.6) is 5.75 Å². The van der Waals surface area contributed by atoms with Gasteiger partial charge in [0.15, 0.2) is 5.11 Å². The van der Waals surface area contributed by atoms with E-state index in [1.807, 2.05) is 53.4 Å². The zero-order chi connectivity index (χ0) is 28.2. The highest BCUT2D eigenvalue weighted by atomic mass is 79.9. The molecule has 0 aromatic heterocycles. The fourth-order valence-electron chi connectivity index (χ4n) is 4.76. The second-order valence-electron chi connectivity index (χ2n) is 9.20. The predicted octanol–water partition coefficient (Wildman–Crippen LogP) is 6.35. The van der Waals surface area contributed by atoms with Gasteiger partial charge >= 0.3 is 0 Å². The van der Waals surface area contributed by atoms with Crippen molar-refractivity contribution in [2.24, 2.45) is 0 Å². The van der Waals surface area contributed by atoms with Crippen LogP contribution in [0.3, 0.4) is 0 Å². The Bertz CT molecular complexity index is 1590. The van der Waals surface area contributed by atoms with Crippen molar-refractivity contribution in [2.75, 3.05) is 43.5 Å². The van der Waals surface area contributed by atoms with Crippen LogP contribution >= 0.6 is 39.7 Å². The summed E-state index contributed by atoms with van der Waals surface area (Å²) in [5.74, 6) is 0.0420. The van der Waals surface area contributed by atoms with Gasteiger partial charge in [0.05, 0.1) is 28.5 Å². The quantitative estimate of drug-likeness (QED) is 0.249. The van der Waals surface area contributed by atoms with Crippen LogP contribution in [-0.4, -0.2) is 55.1 Å². The lowest BCUT2D eigenvalue weighted by Crippen LogP contribution is -2.49. The largest absolute Gasteiger partial charge is 0.495 e. The van der Waals surface area contributed by atoms with E-state index in [1.54, 1.807) is 30.3 Å². The third-order valence-electron chi connectivity index (χ3n) is 6.77. The Balaban J connectivity index is 1.26. The molecule has 1 heterocycles. The highest BCUT2D eigenvalue weighted by Gasteiger charge is 2.24. The fourth-order valence-corrected chi connectivity index (χ4v) is 5.82. The number of nitrogens with one attached hydrogen (secondary N) is 2. The molecule has 0 atom stereocenters. The molecule has 2 N–H and O–H groups in total. The van der Waals surface area contributed by atoms with Crippen molar-refractivity contribution in [3.05, 3.63) is 99.5 Å². The third-order valence-corrected chi connectivity index (χ3v) is 8.01. The van der Waals surface area contributed by atoms with Gasteiger partial charge in [-0.1, -0.05) is 48.0 Å². The molecule has 5 rings (SSSR count). The van der Waals surface area contributed by atoms with Crippen LogP contribution in [0, 0.1) is 0 Å². The number of hydrogen-bond donors (Lipinski definition) is 2. The Morgan fingerprint density at radius 2 is 1.62 bits per heavy atom. The minimum Gasteiger partial charge on any atom is -0.495 e. The maximum Gasteiger partial charge on any atom is 0.261 e. The van der Waals surface area contributed by atoms with E-state index in [9.17, 15) is 9.59 Å². The Morgan fingerprint density at radius 1 is 0.950 bits per heavy atom. The molecule has 1 aliphatic rings. The first-order valence-corrected chi connectivity index (χ1v) is 14.2. The number of rotatable bonds is 5. The molecular weight excluding hydrogens is 612 g/mol. The number of methoxy groups -OCH3 is 1. The molecule has 0 radical (unpaired) electrons. The number of ether oxygens (including phenoxy) is 1. The molecule has 0 unspecified atom stereocenters. The third kappa shape index (κ3) is 5.91. The van der Waals surface area contributed by atoms with Gasteiger partial charge in [0, 0.05) is 36.8 Å². The summed E-state index contributed by atoms with van der Waals surface area (Å²) < 4.78 is 6.26. The number of fused-ring (bicyclic) bond motifs is 1. The van der Waals surface area contributed by atoms with Crippen molar-refractivity contribution in [2.45, 2.75) is 0 Å². The van der Waals surface area contributed by atoms with E-state index in [0.29, 0.717) is 52.6 Å². The lowest BCUT2D eigenvalue weighted by atomic mass is 10.1. The zero-order valence-corrected chi connectivity index (χ0v) is 24.8. The Morgan fingerprint density at radius 3 is 2.35 bits per heavy atom. The van der Waals surface area contributed by atoms with Gasteiger partial charge in [-0.25, -0.2) is 0 Å². The maximum atomic E-state index is 13.2. The molecular formula is C30H26BrClN4O3S. The van der Waals surface area contributed by atoms with Crippen LogP contribution in [0.1, 0.15) is 20.7 Å². The molecule has 0 bridgehead atoms. The fraction of sp³-hybridized carbons (Fsp3) is 0.167. The van der Waals surface area contributed by atoms with Crippen molar-refractivity contribution < 1.29 is 14.3 Å². The van der Waals surface area contributed by atoms with Crippen LogP contribution in [-0.2, 0) is 0 Å². The molecule has 4 aromatic carbocycles. The minimum atomic E-state index is -0.382. The maximum absolute atomic E-state index is 13.2. The van der Waals surface area contributed by atoms with E-state index in [2.05, 4.69) is 31.5 Å². The summed E-state index contributed by atoms with van der Waals surface area (Å²) in [4.78, 5) is 30.2. The number of nitrogens with zero attached hydrogens (tertiary/aromatic N) is 2. The van der Waals surface area contributed by atoms with Gasteiger partial charge in [-0.3, -0.25) is 14.9 Å². The number of carbonyl (C=O) groups is 2. The second kappa shape index (κ2) is 12.2. The molecule has 40 heavy (non-hydrogen) atoms.